The van der Waals surface area contributed by atoms with E-state index < -0.39 is 0 Å². The largest absolute Gasteiger partial charge is 0.307 e. The highest BCUT2D eigenvalue weighted by Gasteiger charge is 2.09. The van der Waals surface area contributed by atoms with E-state index in [1.54, 1.807) is 23.1 Å². The van der Waals surface area contributed by atoms with Gasteiger partial charge in [-0.2, -0.15) is 5.10 Å². The summed E-state index contributed by atoms with van der Waals surface area (Å²) in [6.45, 7) is 3.86. The van der Waals surface area contributed by atoms with E-state index in [4.69, 9.17) is 0 Å². The first-order valence-corrected chi connectivity index (χ1v) is 7.60. The van der Waals surface area contributed by atoms with Crippen LogP contribution < -0.4 is 5.32 Å². The summed E-state index contributed by atoms with van der Waals surface area (Å²) in [4.78, 5) is 16.5. The molecule has 3 aromatic rings. The molecule has 1 aromatic carbocycles. The van der Waals surface area contributed by atoms with Crippen molar-refractivity contribution >= 4 is 11.7 Å². The average molecular weight is 318 g/mol. The molecule has 0 fully saturated rings. The highest BCUT2D eigenvalue weighted by atomic mass is 16.1. The van der Waals surface area contributed by atoms with Crippen molar-refractivity contribution in [1.29, 1.82) is 0 Å². The van der Waals surface area contributed by atoms with Crippen molar-refractivity contribution in [3.8, 4) is 11.1 Å². The number of nitrogens with one attached hydrogen (secondary N) is 1. The van der Waals surface area contributed by atoms with Crippen LogP contribution >= 0.6 is 0 Å². The molecule has 0 atom stereocenters. The van der Waals surface area contributed by atoms with Gasteiger partial charge < -0.3 is 5.32 Å². The van der Waals surface area contributed by atoms with E-state index in [0.29, 0.717) is 17.8 Å². The summed E-state index contributed by atoms with van der Waals surface area (Å²) in [6, 6.07) is 13.5. The number of pyridine rings is 1. The molecule has 0 aliphatic rings. The molecule has 0 spiro atoms. The van der Waals surface area contributed by atoms with Gasteiger partial charge in [0.15, 0.2) is 0 Å². The predicted molar refractivity (Wildman–Crippen MR) is 94.4 cm³/mol. The second-order valence-corrected chi connectivity index (χ2v) is 5.55. The monoisotopic (exact) mass is 318 g/mol. The number of carbonyl (C=O) groups excluding carboxylic acids is 1. The van der Waals surface area contributed by atoms with E-state index in [-0.39, 0.29) is 5.91 Å². The van der Waals surface area contributed by atoms with Crippen molar-refractivity contribution in [2.75, 3.05) is 5.32 Å². The summed E-state index contributed by atoms with van der Waals surface area (Å²) in [7, 11) is 1.86. The normalized spacial score (nSPS) is 10.4. The Morgan fingerprint density at radius 1 is 1.12 bits per heavy atom. The number of amides is 1. The molecule has 120 valence electrons. The number of aromatic nitrogens is 3. The van der Waals surface area contributed by atoms with Crippen molar-refractivity contribution in [3.05, 3.63) is 78.8 Å². The Morgan fingerprint density at radius 2 is 1.92 bits per heavy atom. The van der Waals surface area contributed by atoms with Gasteiger partial charge in [-0.25, -0.2) is 4.98 Å². The standard InChI is InChI=1S/C19H18N4O/c1-14(10-15-6-4-3-5-7-15)19(24)22-18-9-8-16(11-20-18)17-12-21-23(2)13-17/h3-9,11-13H,1,10H2,2H3,(H,20,22,24). The average Bonchev–Trinajstić information content (AvgIpc) is 3.03. The molecule has 0 saturated carbocycles. The number of carbonyl (C=O) groups is 1. The Hall–Kier alpha value is -3.21. The van der Waals surface area contributed by atoms with Gasteiger partial charge in [0.05, 0.1) is 6.20 Å². The third-order valence-electron chi connectivity index (χ3n) is 3.62. The van der Waals surface area contributed by atoms with Crippen molar-refractivity contribution in [2.45, 2.75) is 6.42 Å². The van der Waals surface area contributed by atoms with Crippen LogP contribution in [0.25, 0.3) is 11.1 Å². The third kappa shape index (κ3) is 3.76. The number of aryl methyl sites for hydroxylation is 1. The van der Waals surface area contributed by atoms with E-state index in [1.807, 2.05) is 49.6 Å². The zero-order valence-corrected chi connectivity index (χ0v) is 13.4. The van der Waals surface area contributed by atoms with Crippen LogP contribution in [0.15, 0.2) is 73.2 Å². The Bertz CT molecular complexity index is 851. The van der Waals surface area contributed by atoms with E-state index in [2.05, 4.69) is 22.0 Å². The summed E-state index contributed by atoms with van der Waals surface area (Å²) < 4.78 is 1.73. The zero-order valence-electron chi connectivity index (χ0n) is 13.4. The highest BCUT2D eigenvalue weighted by Crippen LogP contribution is 2.19. The van der Waals surface area contributed by atoms with Crippen LogP contribution in [-0.2, 0) is 18.3 Å². The Kier molecular flexibility index (Phi) is 4.52. The lowest BCUT2D eigenvalue weighted by Gasteiger charge is -2.07. The second kappa shape index (κ2) is 6.91. The maximum Gasteiger partial charge on any atom is 0.252 e. The molecule has 0 unspecified atom stereocenters. The summed E-state index contributed by atoms with van der Waals surface area (Å²) in [6.07, 6.45) is 5.92. The minimum absolute atomic E-state index is 0.222. The second-order valence-electron chi connectivity index (χ2n) is 5.55. The fraction of sp³-hybridized carbons (Fsp3) is 0.105. The summed E-state index contributed by atoms with van der Waals surface area (Å²) >= 11 is 0. The number of anilines is 1. The van der Waals surface area contributed by atoms with E-state index >= 15 is 0 Å². The zero-order chi connectivity index (χ0) is 16.9. The van der Waals surface area contributed by atoms with Gasteiger partial charge in [-0.3, -0.25) is 9.48 Å². The van der Waals surface area contributed by atoms with Crippen molar-refractivity contribution in [1.82, 2.24) is 14.8 Å². The minimum Gasteiger partial charge on any atom is -0.307 e. The molecular formula is C19H18N4O. The first-order chi connectivity index (χ1) is 11.6. The van der Waals surface area contributed by atoms with E-state index in [9.17, 15) is 4.79 Å². The van der Waals surface area contributed by atoms with Gasteiger partial charge in [0.25, 0.3) is 5.91 Å². The Labute approximate surface area is 140 Å². The lowest BCUT2D eigenvalue weighted by Crippen LogP contribution is -2.16. The molecular weight excluding hydrogens is 300 g/mol. The number of rotatable bonds is 5. The van der Waals surface area contributed by atoms with Crippen molar-refractivity contribution in [2.24, 2.45) is 7.05 Å². The Balaban J connectivity index is 1.63. The molecule has 24 heavy (non-hydrogen) atoms. The van der Waals surface area contributed by atoms with E-state index in [1.165, 1.54) is 0 Å². The fourth-order valence-electron chi connectivity index (χ4n) is 2.34. The molecule has 1 N–H and O–H groups in total. The molecule has 5 heteroatoms. The lowest BCUT2D eigenvalue weighted by atomic mass is 10.1. The van der Waals surface area contributed by atoms with Gasteiger partial charge >= 0.3 is 0 Å². The van der Waals surface area contributed by atoms with Crippen LogP contribution in [0, 0.1) is 0 Å². The fourth-order valence-corrected chi connectivity index (χ4v) is 2.34. The smallest absolute Gasteiger partial charge is 0.252 e. The third-order valence-corrected chi connectivity index (χ3v) is 3.62. The van der Waals surface area contributed by atoms with Crippen LogP contribution in [-0.4, -0.2) is 20.7 Å². The molecule has 2 aromatic heterocycles. The molecule has 1 amide bonds. The minimum atomic E-state index is -0.222. The molecule has 0 aliphatic heterocycles. The quantitative estimate of drug-likeness (QED) is 0.735. The number of hydrogen-bond donors (Lipinski definition) is 1. The van der Waals surface area contributed by atoms with Gasteiger partial charge in [-0.05, 0) is 17.7 Å². The van der Waals surface area contributed by atoms with Gasteiger partial charge in [-0.1, -0.05) is 36.9 Å². The van der Waals surface area contributed by atoms with E-state index in [0.717, 1.165) is 16.7 Å². The number of hydrogen-bond acceptors (Lipinski definition) is 3. The van der Waals surface area contributed by atoms with Crippen LogP contribution in [0.5, 0.6) is 0 Å². The number of nitrogens with zero attached hydrogens (tertiary/aromatic N) is 3. The summed E-state index contributed by atoms with van der Waals surface area (Å²) in [5.41, 5.74) is 3.48. The summed E-state index contributed by atoms with van der Waals surface area (Å²) in [5, 5.41) is 6.91. The molecule has 2 heterocycles. The van der Waals surface area contributed by atoms with Crippen LogP contribution in [0.3, 0.4) is 0 Å². The highest BCUT2D eigenvalue weighted by molar-refractivity contribution is 6.03. The van der Waals surface area contributed by atoms with Crippen LogP contribution in [0.1, 0.15) is 5.56 Å². The topological polar surface area (TPSA) is 59.8 Å². The first kappa shape index (κ1) is 15.7. The predicted octanol–water partition coefficient (Wildman–Crippen LogP) is 3.22. The summed E-state index contributed by atoms with van der Waals surface area (Å²) in [5.74, 6) is 0.280. The molecule has 0 aliphatic carbocycles. The number of benzene rings is 1. The maximum absolute atomic E-state index is 12.2. The van der Waals surface area contributed by atoms with Crippen molar-refractivity contribution in [3.63, 3.8) is 0 Å². The van der Waals surface area contributed by atoms with Gasteiger partial charge in [-0.15, -0.1) is 0 Å². The molecule has 0 bridgehead atoms. The van der Waals surface area contributed by atoms with Crippen LogP contribution in [0.4, 0.5) is 5.82 Å². The van der Waals surface area contributed by atoms with Crippen molar-refractivity contribution < 1.29 is 4.79 Å². The van der Waals surface area contributed by atoms with Gasteiger partial charge in [0.1, 0.15) is 5.82 Å². The van der Waals surface area contributed by atoms with Gasteiger partial charge in [0, 0.05) is 42.6 Å². The van der Waals surface area contributed by atoms with Crippen LogP contribution in [0.2, 0.25) is 0 Å². The Morgan fingerprint density at radius 3 is 2.54 bits per heavy atom. The maximum atomic E-state index is 12.2. The SMILES string of the molecule is C=C(Cc1ccccc1)C(=O)Nc1ccc(-c2cnn(C)c2)cn1. The molecule has 0 radical (unpaired) electrons. The molecule has 5 nitrogen and oxygen atoms in total. The molecule has 0 saturated heterocycles. The first-order valence-electron chi connectivity index (χ1n) is 7.60. The molecule has 3 rings (SSSR count). The lowest BCUT2D eigenvalue weighted by molar-refractivity contribution is -0.112. The van der Waals surface area contributed by atoms with Gasteiger partial charge in [0.2, 0.25) is 0 Å².